The molecule has 2 aromatic carbocycles. The number of piperazine rings is 1. The number of thiazole rings is 1. The smallest absolute Gasteiger partial charge is 0.268 e. The van der Waals surface area contributed by atoms with Crippen LogP contribution in [0.1, 0.15) is 12.5 Å². The van der Waals surface area contributed by atoms with Crippen molar-refractivity contribution in [2.75, 3.05) is 42.5 Å². The molecule has 2 aliphatic heterocycles. The highest BCUT2D eigenvalue weighted by molar-refractivity contribution is 7.22. The number of aromatic nitrogens is 1. The molecule has 3 heterocycles. The highest BCUT2D eigenvalue weighted by Gasteiger charge is 2.34. The Morgan fingerprint density at radius 2 is 1.94 bits per heavy atom. The molecule has 1 aromatic heterocycles. The molecule has 0 bridgehead atoms. The average Bonchev–Trinajstić information content (AvgIpc) is 3.22. The number of amides is 2. The average molecular weight is 437 g/mol. The molecule has 7 nitrogen and oxygen atoms in total. The predicted octanol–water partition coefficient (Wildman–Crippen LogP) is 3.07. The minimum absolute atomic E-state index is 0.0319. The molecule has 0 spiro atoms. The number of rotatable bonds is 3. The highest BCUT2D eigenvalue weighted by atomic mass is 32.1. The standard InChI is InChI=1S/C23H24N4O3S/c1-15-7-8-19-18(13-15)27(22(29)16(2)30-19)14-21(28)25-9-11-26(12-10-25)23-24-17-5-3-4-6-20(17)31-23/h3-8,13,16H,9-12,14H2,1-2H3/t16-/m1/s1. The molecule has 2 aliphatic rings. The molecular weight excluding hydrogens is 412 g/mol. The Morgan fingerprint density at radius 3 is 2.71 bits per heavy atom. The predicted molar refractivity (Wildman–Crippen MR) is 122 cm³/mol. The molecule has 1 saturated heterocycles. The number of benzene rings is 2. The summed E-state index contributed by atoms with van der Waals surface area (Å²) in [5.41, 5.74) is 2.70. The van der Waals surface area contributed by atoms with Gasteiger partial charge in [-0.05, 0) is 43.7 Å². The van der Waals surface area contributed by atoms with Crippen molar-refractivity contribution in [1.82, 2.24) is 9.88 Å². The number of ether oxygens (including phenoxy) is 1. The van der Waals surface area contributed by atoms with Crippen LogP contribution in [0.3, 0.4) is 0 Å². The first-order chi connectivity index (χ1) is 15.0. The lowest BCUT2D eigenvalue weighted by Gasteiger charge is -2.37. The van der Waals surface area contributed by atoms with Crippen molar-refractivity contribution in [3.8, 4) is 5.75 Å². The van der Waals surface area contributed by atoms with E-state index in [0.717, 1.165) is 29.3 Å². The van der Waals surface area contributed by atoms with Gasteiger partial charge in [-0.3, -0.25) is 14.5 Å². The van der Waals surface area contributed by atoms with E-state index in [9.17, 15) is 9.59 Å². The lowest BCUT2D eigenvalue weighted by molar-refractivity contribution is -0.133. The van der Waals surface area contributed by atoms with Crippen molar-refractivity contribution in [2.24, 2.45) is 0 Å². The Hall–Kier alpha value is -3.13. The second-order valence-corrected chi connectivity index (χ2v) is 9.00. The molecule has 2 amide bonds. The van der Waals surface area contributed by atoms with Crippen LogP contribution < -0.4 is 14.5 Å². The fourth-order valence-electron chi connectivity index (χ4n) is 4.06. The highest BCUT2D eigenvalue weighted by Crippen LogP contribution is 2.35. The van der Waals surface area contributed by atoms with E-state index in [0.29, 0.717) is 24.5 Å². The zero-order valence-corrected chi connectivity index (χ0v) is 18.4. The number of carbonyl (C=O) groups is 2. The third-order valence-corrected chi connectivity index (χ3v) is 6.90. The van der Waals surface area contributed by atoms with E-state index in [1.54, 1.807) is 23.2 Å². The van der Waals surface area contributed by atoms with Crippen molar-refractivity contribution in [3.63, 3.8) is 0 Å². The van der Waals surface area contributed by atoms with E-state index in [1.807, 2.05) is 48.2 Å². The van der Waals surface area contributed by atoms with Gasteiger partial charge in [-0.1, -0.05) is 29.5 Å². The van der Waals surface area contributed by atoms with Gasteiger partial charge in [-0.25, -0.2) is 4.98 Å². The third kappa shape index (κ3) is 3.72. The van der Waals surface area contributed by atoms with Crippen molar-refractivity contribution in [2.45, 2.75) is 20.0 Å². The zero-order chi connectivity index (χ0) is 21.5. The van der Waals surface area contributed by atoms with Crippen LogP contribution in [0.4, 0.5) is 10.8 Å². The van der Waals surface area contributed by atoms with Gasteiger partial charge < -0.3 is 14.5 Å². The van der Waals surface area contributed by atoms with Gasteiger partial charge in [0.25, 0.3) is 5.91 Å². The topological polar surface area (TPSA) is 66.0 Å². The summed E-state index contributed by atoms with van der Waals surface area (Å²) in [7, 11) is 0. The van der Waals surface area contributed by atoms with Crippen LogP contribution >= 0.6 is 11.3 Å². The molecular formula is C23H24N4O3S. The van der Waals surface area contributed by atoms with Crippen LogP contribution in [-0.4, -0.2) is 60.5 Å². The quantitative estimate of drug-likeness (QED) is 0.631. The normalized spacial score (nSPS) is 18.8. The van der Waals surface area contributed by atoms with Gasteiger partial charge in [-0.2, -0.15) is 0 Å². The van der Waals surface area contributed by atoms with Gasteiger partial charge in [0.2, 0.25) is 5.91 Å². The van der Waals surface area contributed by atoms with E-state index >= 15 is 0 Å². The summed E-state index contributed by atoms with van der Waals surface area (Å²) >= 11 is 1.68. The molecule has 0 radical (unpaired) electrons. The lowest BCUT2D eigenvalue weighted by Crippen LogP contribution is -2.54. The van der Waals surface area contributed by atoms with E-state index < -0.39 is 6.10 Å². The Kier molecular flexibility index (Phi) is 5.02. The van der Waals surface area contributed by atoms with Gasteiger partial charge in [0, 0.05) is 26.2 Å². The summed E-state index contributed by atoms with van der Waals surface area (Å²) in [6.07, 6.45) is -0.598. The van der Waals surface area contributed by atoms with Crippen molar-refractivity contribution < 1.29 is 14.3 Å². The Bertz CT molecular complexity index is 1120. The number of nitrogens with zero attached hydrogens (tertiary/aromatic N) is 4. The largest absolute Gasteiger partial charge is 0.479 e. The fraction of sp³-hybridized carbons (Fsp3) is 0.348. The molecule has 0 N–H and O–H groups in total. The number of anilines is 2. The molecule has 0 aliphatic carbocycles. The summed E-state index contributed by atoms with van der Waals surface area (Å²) in [5, 5.41) is 0.995. The number of para-hydroxylation sites is 1. The van der Waals surface area contributed by atoms with Gasteiger partial charge in [0.05, 0.1) is 15.9 Å². The number of hydrogen-bond donors (Lipinski definition) is 0. The SMILES string of the molecule is Cc1ccc2c(c1)N(CC(=O)N1CCN(c3nc4ccccc4s3)CC1)C(=O)[C@@H](C)O2. The van der Waals surface area contributed by atoms with Crippen LogP contribution in [0.2, 0.25) is 0 Å². The Balaban J connectivity index is 1.27. The maximum Gasteiger partial charge on any atom is 0.268 e. The summed E-state index contributed by atoms with van der Waals surface area (Å²) in [5.74, 6) is 0.421. The third-order valence-electron chi connectivity index (χ3n) is 5.80. The van der Waals surface area contributed by atoms with Gasteiger partial charge in [0.15, 0.2) is 11.2 Å². The molecule has 31 heavy (non-hydrogen) atoms. The second kappa shape index (κ2) is 7.85. The van der Waals surface area contributed by atoms with Crippen molar-refractivity contribution >= 4 is 44.2 Å². The number of aryl methyl sites for hydroxylation is 1. The first-order valence-electron chi connectivity index (χ1n) is 10.5. The maximum absolute atomic E-state index is 13.1. The number of hydrogen-bond acceptors (Lipinski definition) is 6. The van der Waals surface area contributed by atoms with Gasteiger partial charge in [-0.15, -0.1) is 0 Å². The summed E-state index contributed by atoms with van der Waals surface area (Å²) < 4.78 is 6.89. The molecule has 0 saturated carbocycles. The fourth-order valence-corrected chi connectivity index (χ4v) is 5.08. The molecule has 8 heteroatoms. The van der Waals surface area contributed by atoms with E-state index in [-0.39, 0.29) is 18.4 Å². The van der Waals surface area contributed by atoms with Crippen LogP contribution in [0.25, 0.3) is 10.2 Å². The van der Waals surface area contributed by atoms with Crippen LogP contribution in [0.15, 0.2) is 42.5 Å². The summed E-state index contributed by atoms with van der Waals surface area (Å²) in [6.45, 7) is 6.41. The van der Waals surface area contributed by atoms with E-state index in [4.69, 9.17) is 9.72 Å². The van der Waals surface area contributed by atoms with Crippen molar-refractivity contribution in [1.29, 1.82) is 0 Å². The molecule has 160 valence electrons. The van der Waals surface area contributed by atoms with Crippen LogP contribution in [-0.2, 0) is 9.59 Å². The van der Waals surface area contributed by atoms with Gasteiger partial charge in [0.1, 0.15) is 12.3 Å². The Morgan fingerprint density at radius 1 is 1.16 bits per heavy atom. The first-order valence-corrected chi connectivity index (χ1v) is 11.3. The minimum atomic E-state index is -0.598. The first kappa shape index (κ1) is 19.8. The van der Waals surface area contributed by atoms with Crippen LogP contribution in [0, 0.1) is 6.92 Å². The van der Waals surface area contributed by atoms with E-state index in [1.165, 1.54) is 4.70 Å². The molecule has 1 atom stereocenters. The monoisotopic (exact) mass is 436 g/mol. The number of carbonyl (C=O) groups excluding carboxylic acids is 2. The van der Waals surface area contributed by atoms with Crippen LogP contribution in [0.5, 0.6) is 5.75 Å². The molecule has 1 fully saturated rings. The van der Waals surface area contributed by atoms with Gasteiger partial charge >= 0.3 is 0 Å². The molecule has 0 unspecified atom stereocenters. The second-order valence-electron chi connectivity index (χ2n) is 7.99. The lowest BCUT2D eigenvalue weighted by atomic mass is 10.1. The Labute approximate surface area is 184 Å². The van der Waals surface area contributed by atoms with Crippen molar-refractivity contribution in [3.05, 3.63) is 48.0 Å². The maximum atomic E-state index is 13.1. The molecule has 3 aromatic rings. The zero-order valence-electron chi connectivity index (χ0n) is 17.6. The summed E-state index contributed by atoms with van der Waals surface area (Å²) in [6, 6.07) is 13.8. The van der Waals surface area contributed by atoms with E-state index in [2.05, 4.69) is 11.0 Å². The molecule has 5 rings (SSSR count). The minimum Gasteiger partial charge on any atom is -0.479 e. The number of fused-ring (bicyclic) bond motifs is 2. The summed E-state index contributed by atoms with van der Waals surface area (Å²) in [4.78, 5) is 36.2.